The monoisotopic (exact) mass is 213 g/mol. The molecule has 1 unspecified atom stereocenters. The lowest BCUT2D eigenvalue weighted by Gasteiger charge is -2.32. The summed E-state index contributed by atoms with van der Waals surface area (Å²) < 4.78 is 0. The van der Waals surface area contributed by atoms with E-state index in [9.17, 15) is 9.59 Å². The minimum absolute atomic E-state index is 0.259. The van der Waals surface area contributed by atoms with Gasteiger partial charge in [-0.25, -0.2) is 4.79 Å². The fourth-order valence-electron chi connectivity index (χ4n) is 1.42. The van der Waals surface area contributed by atoms with Gasteiger partial charge in [-0.05, 0) is 40.0 Å². The fourth-order valence-corrected chi connectivity index (χ4v) is 1.42. The van der Waals surface area contributed by atoms with Crippen molar-refractivity contribution in [1.29, 1.82) is 0 Å². The number of hydroxylamine groups is 2. The van der Waals surface area contributed by atoms with Gasteiger partial charge in [0, 0.05) is 6.54 Å². The highest BCUT2D eigenvalue weighted by atomic mass is 16.7. The summed E-state index contributed by atoms with van der Waals surface area (Å²) in [6, 6.07) is -0.259. The number of carbonyl (C=O) groups excluding carboxylic acids is 2. The van der Waals surface area contributed by atoms with Crippen LogP contribution in [0.3, 0.4) is 0 Å². The number of hydrogen-bond acceptors (Lipinski definition) is 4. The maximum atomic E-state index is 11.6. The second-order valence-electron chi connectivity index (χ2n) is 4.97. The Balaban J connectivity index is 2.55. The third-order valence-corrected chi connectivity index (χ3v) is 2.47. The van der Waals surface area contributed by atoms with Crippen LogP contribution in [0.4, 0.5) is 0 Å². The van der Waals surface area contributed by atoms with Crippen LogP contribution in [0.2, 0.25) is 0 Å². The molecule has 0 saturated carbocycles. The predicted molar refractivity (Wildman–Crippen MR) is 56.0 cm³/mol. The summed E-state index contributed by atoms with van der Waals surface area (Å²) in [6.45, 7) is 6.06. The Labute approximate surface area is 90.5 Å². The van der Waals surface area contributed by atoms with Crippen LogP contribution in [0.5, 0.6) is 0 Å². The first-order chi connectivity index (χ1) is 6.95. The van der Waals surface area contributed by atoms with Crippen molar-refractivity contribution in [1.82, 2.24) is 5.06 Å². The van der Waals surface area contributed by atoms with E-state index in [0.717, 1.165) is 25.5 Å². The summed E-state index contributed by atoms with van der Waals surface area (Å²) in [5.74, 6) is -0.281. The molecule has 4 heteroatoms. The second-order valence-corrected chi connectivity index (χ2v) is 4.97. The maximum absolute atomic E-state index is 11.6. The van der Waals surface area contributed by atoms with Crippen LogP contribution in [-0.4, -0.2) is 29.9 Å². The van der Waals surface area contributed by atoms with E-state index in [1.54, 1.807) is 20.8 Å². The molecule has 0 amide bonds. The zero-order chi connectivity index (χ0) is 11.5. The number of hydrogen-bond donors (Lipinski definition) is 0. The Bertz CT molecular complexity index is 245. The van der Waals surface area contributed by atoms with Crippen molar-refractivity contribution in [2.75, 3.05) is 6.54 Å². The van der Waals surface area contributed by atoms with Gasteiger partial charge in [-0.1, -0.05) is 0 Å². The van der Waals surface area contributed by atoms with Gasteiger partial charge in [-0.2, -0.15) is 0 Å². The Hall–Kier alpha value is -0.900. The van der Waals surface area contributed by atoms with Crippen molar-refractivity contribution < 1.29 is 14.4 Å². The van der Waals surface area contributed by atoms with Crippen LogP contribution < -0.4 is 0 Å². The van der Waals surface area contributed by atoms with E-state index in [1.807, 2.05) is 0 Å². The SMILES string of the molecule is CC(C)(C)C(=O)ON1CCCCC1C=O. The largest absolute Gasteiger partial charge is 0.367 e. The summed E-state index contributed by atoms with van der Waals surface area (Å²) in [5, 5.41) is 1.52. The predicted octanol–water partition coefficient (Wildman–Crippen LogP) is 1.54. The van der Waals surface area contributed by atoms with Crippen molar-refractivity contribution in [3.05, 3.63) is 0 Å². The molecule has 1 aliphatic heterocycles. The summed E-state index contributed by atoms with van der Waals surface area (Å²) >= 11 is 0. The molecule has 1 saturated heterocycles. The van der Waals surface area contributed by atoms with E-state index in [0.29, 0.717) is 6.54 Å². The molecule has 0 aliphatic carbocycles. The zero-order valence-corrected chi connectivity index (χ0v) is 9.66. The van der Waals surface area contributed by atoms with Crippen LogP contribution in [0.1, 0.15) is 40.0 Å². The molecule has 0 spiro atoms. The summed E-state index contributed by atoms with van der Waals surface area (Å²) in [7, 11) is 0. The van der Waals surface area contributed by atoms with Gasteiger partial charge >= 0.3 is 5.97 Å². The standard InChI is InChI=1S/C11H19NO3/c1-11(2,3)10(14)15-12-7-5-4-6-9(12)8-13/h8-9H,4-7H2,1-3H3. The average Bonchev–Trinajstić information content (AvgIpc) is 2.17. The van der Waals surface area contributed by atoms with Crippen molar-refractivity contribution in [2.24, 2.45) is 5.41 Å². The first-order valence-electron chi connectivity index (χ1n) is 5.39. The highest BCUT2D eigenvalue weighted by Gasteiger charge is 2.30. The lowest BCUT2D eigenvalue weighted by molar-refractivity contribution is -0.214. The third kappa shape index (κ3) is 3.30. The zero-order valence-electron chi connectivity index (χ0n) is 9.66. The van der Waals surface area contributed by atoms with Crippen molar-refractivity contribution in [3.63, 3.8) is 0 Å². The average molecular weight is 213 g/mol. The van der Waals surface area contributed by atoms with E-state index >= 15 is 0 Å². The van der Waals surface area contributed by atoms with E-state index in [4.69, 9.17) is 4.84 Å². The number of nitrogens with zero attached hydrogens (tertiary/aromatic N) is 1. The molecule has 86 valence electrons. The topological polar surface area (TPSA) is 46.6 Å². The molecule has 0 aromatic rings. The van der Waals surface area contributed by atoms with Gasteiger partial charge in [0.25, 0.3) is 0 Å². The first-order valence-corrected chi connectivity index (χ1v) is 5.39. The number of aldehydes is 1. The molecular weight excluding hydrogens is 194 g/mol. The molecule has 15 heavy (non-hydrogen) atoms. The molecule has 1 atom stereocenters. The van der Waals surface area contributed by atoms with Gasteiger partial charge in [0.2, 0.25) is 0 Å². The summed E-state index contributed by atoms with van der Waals surface area (Å²) in [6.07, 6.45) is 3.63. The van der Waals surface area contributed by atoms with Crippen molar-refractivity contribution in [2.45, 2.75) is 46.1 Å². The third-order valence-electron chi connectivity index (χ3n) is 2.47. The lowest BCUT2D eigenvalue weighted by Crippen LogP contribution is -2.43. The second kappa shape index (κ2) is 4.75. The number of rotatable bonds is 2. The van der Waals surface area contributed by atoms with Gasteiger partial charge in [-0.3, -0.25) is 0 Å². The van der Waals surface area contributed by atoms with E-state index in [2.05, 4.69) is 0 Å². The quantitative estimate of drug-likeness (QED) is 0.653. The molecule has 1 fully saturated rings. The molecule has 0 N–H and O–H groups in total. The molecule has 1 heterocycles. The normalized spacial score (nSPS) is 23.5. The van der Waals surface area contributed by atoms with Crippen LogP contribution in [-0.2, 0) is 14.4 Å². The summed E-state index contributed by atoms with van der Waals surface area (Å²) in [5.41, 5.74) is -0.523. The van der Waals surface area contributed by atoms with Gasteiger partial charge in [0.15, 0.2) is 0 Å². The van der Waals surface area contributed by atoms with E-state index in [1.165, 1.54) is 5.06 Å². The van der Waals surface area contributed by atoms with Gasteiger partial charge in [0.1, 0.15) is 12.3 Å². The Morgan fingerprint density at radius 2 is 2.07 bits per heavy atom. The summed E-state index contributed by atoms with van der Waals surface area (Å²) in [4.78, 5) is 27.6. The van der Waals surface area contributed by atoms with Crippen molar-refractivity contribution in [3.8, 4) is 0 Å². The molecule has 0 radical (unpaired) electrons. The number of piperidine rings is 1. The smallest absolute Gasteiger partial charge is 0.330 e. The molecule has 4 nitrogen and oxygen atoms in total. The highest BCUT2D eigenvalue weighted by Crippen LogP contribution is 2.20. The van der Waals surface area contributed by atoms with E-state index < -0.39 is 5.41 Å². The number of carbonyl (C=O) groups is 2. The fraction of sp³-hybridized carbons (Fsp3) is 0.818. The van der Waals surface area contributed by atoms with Crippen LogP contribution in [0.15, 0.2) is 0 Å². The minimum atomic E-state index is -0.523. The first kappa shape index (κ1) is 12.2. The van der Waals surface area contributed by atoms with Crippen LogP contribution >= 0.6 is 0 Å². The maximum Gasteiger partial charge on any atom is 0.330 e. The van der Waals surface area contributed by atoms with E-state index in [-0.39, 0.29) is 12.0 Å². The molecular formula is C11H19NO3. The Morgan fingerprint density at radius 3 is 2.60 bits per heavy atom. The lowest BCUT2D eigenvalue weighted by atomic mass is 9.97. The molecule has 0 bridgehead atoms. The molecule has 1 rings (SSSR count). The molecule has 1 aliphatic rings. The molecule has 0 aromatic heterocycles. The highest BCUT2D eigenvalue weighted by molar-refractivity contribution is 5.75. The van der Waals surface area contributed by atoms with Gasteiger partial charge < -0.3 is 9.63 Å². The minimum Gasteiger partial charge on any atom is -0.367 e. The Kier molecular flexibility index (Phi) is 3.85. The van der Waals surface area contributed by atoms with Gasteiger partial charge in [0.05, 0.1) is 5.41 Å². The van der Waals surface area contributed by atoms with Crippen LogP contribution in [0, 0.1) is 5.41 Å². The van der Waals surface area contributed by atoms with Gasteiger partial charge in [-0.15, -0.1) is 5.06 Å². The molecule has 0 aromatic carbocycles. The van der Waals surface area contributed by atoms with Crippen LogP contribution in [0.25, 0.3) is 0 Å². The van der Waals surface area contributed by atoms with Crippen molar-refractivity contribution >= 4 is 12.3 Å². The Morgan fingerprint density at radius 1 is 1.40 bits per heavy atom.